The second-order valence-electron chi connectivity index (χ2n) is 6.12. The van der Waals surface area contributed by atoms with Gasteiger partial charge in [-0.1, -0.05) is 30.3 Å². The van der Waals surface area contributed by atoms with Crippen LogP contribution in [0.1, 0.15) is 26.3 Å². The molecule has 3 aromatic rings. The number of carbonyl (C=O) groups is 3. The van der Waals surface area contributed by atoms with E-state index >= 15 is 0 Å². The molecule has 0 radical (unpaired) electrons. The lowest BCUT2D eigenvalue weighted by Crippen LogP contribution is -2.08. The van der Waals surface area contributed by atoms with Crippen LogP contribution in [0.5, 0.6) is 17.2 Å². The zero-order valence-corrected chi connectivity index (χ0v) is 15.4. The average molecular weight is 366 g/mol. The standard InChI is InChI=1S/C21H18O6/c1-11-9-10-17(25-12(2)22)19-18(11)20(26-13(3)23)15-7-5-6-8-16(15)21(19)27-14(4)24/h5-10H,1-4H3. The number of fused-ring (bicyclic) bond motifs is 2. The highest BCUT2D eigenvalue weighted by molar-refractivity contribution is 6.15. The fraction of sp³-hybridized carbons (Fsp3) is 0.190. The molecular weight excluding hydrogens is 348 g/mol. The topological polar surface area (TPSA) is 78.9 Å². The molecule has 0 atom stereocenters. The van der Waals surface area contributed by atoms with Gasteiger partial charge in [0.2, 0.25) is 0 Å². The number of hydrogen-bond acceptors (Lipinski definition) is 6. The fourth-order valence-electron chi connectivity index (χ4n) is 3.09. The van der Waals surface area contributed by atoms with Crippen molar-refractivity contribution in [3.63, 3.8) is 0 Å². The van der Waals surface area contributed by atoms with E-state index in [1.807, 2.05) is 6.92 Å². The van der Waals surface area contributed by atoms with Crippen LogP contribution in [0.15, 0.2) is 36.4 Å². The Morgan fingerprint density at radius 3 is 1.63 bits per heavy atom. The lowest BCUT2D eigenvalue weighted by Gasteiger charge is -2.18. The lowest BCUT2D eigenvalue weighted by molar-refractivity contribution is -0.132. The number of ether oxygens (including phenoxy) is 3. The van der Waals surface area contributed by atoms with Crippen LogP contribution in [-0.4, -0.2) is 17.9 Å². The molecule has 0 amide bonds. The van der Waals surface area contributed by atoms with Crippen molar-refractivity contribution in [2.45, 2.75) is 27.7 Å². The summed E-state index contributed by atoms with van der Waals surface area (Å²) in [6.07, 6.45) is 0. The minimum atomic E-state index is -0.517. The summed E-state index contributed by atoms with van der Waals surface area (Å²) in [7, 11) is 0. The Labute approximate surface area is 155 Å². The summed E-state index contributed by atoms with van der Waals surface area (Å²) in [5.41, 5.74) is 0.774. The first-order chi connectivity index (χ1) is 12.8. The normalized spacial score (nSPS) is 10.7. The Bertz CT molecular complexity index is 1100. The average Bonchev–Trinajstić information content (AvgIpc) is 2.58. The van der Waals surface area contributed by atoms with Crippen LogP contribution in [0.3, 0.4) is 0 Å². The van der Waals surface area contributed by atoms with E-state index in [1.165, 1.54) is 20.8 Å². The van der Waals surface area contributed by atoms with Crippen molar-refractivity contribution in [1.82, 2.24) is 0 Å². The molecule has 0 saturated carbocycles. The molecule has 0 bridgehead atoms. The van der Waals surface area contributed by atoms with Crippen molar-refractivity contribution < 1.29 is 28.6 Å². The van der Waals surface area contributed by atoms with E-state index in [1.54, 1.807) is 36.4 Å². The van der Waals surface area contributed by atoms with E-state index in [-0.39, 0.29) is 11.5 Å². The van der Waals surface area contributed by atoms with Crippen molar-refractivity contribution in [2.24, 2.45) is 0 Å². The number of esters is 3. The van der Waals surface area contributed by atoms with Gasteiger partial charge in [-0.2, -0.15) is 0 Å². The maximum absolute atomic E-state index is 11.8. The fourth-order valence-corrected chi connectivity index (χ4v) is 3.09. The predicted molar refractivity (Wildman–Crippen MR) is 100 cm³/mol. The molecule has 0 aliphatic heterocycles. The van der Waals surface area contributed by atoms with Gasteiger partial charge in [0.1, 0.15) is 11.5 Å². The molecular formula is C21H18O6. The van der Waals surface area contributed by atoms with Crippen molar-refractivity contribution in [1.29, 1.82) is 0 Å². The smallest absolute Gasteiger partial charge is 0.308 e. The number of aryl methyl sites for hydroxylation is 1. The minimum absolute atomic E-state index is 0.221. The Kier molecular flexibility index (Phi) is 4.81. The van der Waals surface area contributed by atoms with Crippen LogP contribution >= 0.6 is 0 Å². The molecule has 27 heavy (non-hydrogen) atoms. The molecule has 3 rings (SSSR count). The first-order valence-electron chi connectivity index (χ1n) is 8.33. The highest BCUT2D eigenvalue weighted by Crippen LogP contribution is 2.47. The molecule has 0 spiro atoms. The first kappa shape index (κ1) is 18.4. The SMILES string of the molecule is CC(=O)Oc1ccc(C)c2c(OC(C)=O)c3ccccc3c(OC(C)=O)c12. The highest BCUT2D eigenvalue weighted by Gasteiger charge is 2.23. The largest absolute Gasteiger partial charge is 0.426 e. The summed E-state index contributed by atoms with van der Waals surface area (Å²) < 4.78 is 16.4. The summed E-state index contributed by atoms with van der Waals surface area (Å²) in [4.78, 5) is 35.1. The Morgan fingerprint density at radius 1 is 0.667 bits per heavy atom. The highest BCUT2D eigenvalue weighted by atomic mass is 16.5. The van der Waals surface area contributed by atoms with Crippen molar-refractivity contribution in [2.75, 3.05) is 0 Å². The summed E-state index contributed by atoms with van der Waals surface area (Å²) in [5.74, 6) is -0.718. The zero-order chi connectivity index (χ0) is 19.7. The van der Waals surface area contributed by atoms with Crippen LogP contribution in [0, 0.1) is 6.92 Å². The molecule has 0 heterocycles. The molecule has 0 aromatic heterocycles. The van der Waals surface area contributed by atoms with Crippen LogP contribution in [0.4, 0.5) is 0 Å². The quantitative estimate of drug-likeness (QED) is 0.395. The van der Waals surface area contributed by atoms with Crippen LogP contribution in [-0.2, 0) is 14.4 Å². The molecule has 0 N–H and O–H groups in total. The molecule has 138 valence electrons. The minimum Gasteiger partial charge on any atom is -0.426 e. The second kappa shape index (κ2) is 7.07. The van der Waals surface area contributed by atoms with E-state index in [4.69, 9.17) is 14.2 Å². The van der Waals surface area contributed by atoms with Crippen molar-refractivity contribution >= 4 is 39.5 Å². The molecule has 0 saturated heterocycles. The van der Waals surface area contributed by atoms with E-state index in [9.17, 15) is 14.4 Å². The van der Waals surface area contributed by atoms with Crippen LogP contribution in [0.25, 0.3) is 21.5 Å². The maximum Gasteiger partial charge on any atom is 0.308 e. The predicted octanol–water partition coefficient (Wildman–Crippen LogP) is 4.08. The maximum atomic E-state index is 11.8. The van der Waals surface area contributed by atoms with Crippen LogP contribution in [0.2, 0.25) is 0 Å². The number of carbonyl (C=O) groups excluding carboxylic acids is 3. The van der Waals surface area contributed by atoms with Gasteiger partial charge in [-0.25, -0.2) is 0 Å². The molecule has 6 heteroatoms. The third-order valence-corrected chi connectivity index (χ3v) is 3.99. The molecule has 0 unspecified atom stereocenters. The number of benzene rings is 3. The summed E-state index contributed by atoms with van der Waals surface area (Å²) in [6, 6.07) is 10.5. The van der Waals surface area contributed by atoms with E-state index in [2.05, 4.69) is 0 Å². The number of hydrogen-bond donors (Lipinski definition) is 0. The van der Waals surface area contributed by atoms with E-state index in [0.717, 1.165) is 5.56 Å². The van der Waals surface area contributed by atoms with Gasteiger partial charge >= 0.3 is 17.9 Å². The Balaban J connectivity index is 2.58. The second-order valence-corrected chi connectivity index (χ2v) is 6.12. The molecule has 6 nitrogen and oxygen atoms in total. The molecule has 0 aliphatic rings. The summed E-state index contributed by atoms with van der Waals surface area (Å²) >= 11 is 0. The molecule has 0 aliphatic carbocycles. The number of rotatable bonds is 3. The zero-order valence-electron chi connectivity index (χ0n) is 15.4. The third kappa shape index (κ3) is 3.46. The van der Waals surface area contributed by atoms with Gasteiger partial charge in [0.15, 0.2) is 5.75 Å². The van der Waals surface area contributed by atoms with Crippen molar-refractivity contribution in [3.8, 4) is 17.2 Å². The van der Waals surface area contributed by atoms with Crippen molar-refractivity contribution in [3.05, 3.63) is 42.0 Å². The van der Waals surface area contributed by atoms with Gasteiger partial charge in [0, 0.05) is 36.9 Å². The van der Waals surface area contributed by atoms with E-state index in [0.29, 0.717) is 27.3 Å². The van der Waals surface area contributed by atoms with Gasteiger partial charge < -0.3 is 14.2 Å². The monoisotopic (exact) mass is 366 g/mol. The van der Waals surface area contributed by atoms with Gasteiger partial charge in [-0.05, 0) is 18.6 Å². The van der Waals surface area contributed by atoms with E-state index < -0.39 is 17.9 Å². The lowest BCUT2D eigenvalue weighted by atomic mass is 9.96. The summed E-state index contributed by atoms with van der Waals surface area (Å²) in [5, 5.41) is 2.12. The summed E-state index contributed by atoms with van der Waals surface area (Å²) in [6.45, 7) is 5.72. The Hall–Kier alpha value is -3.41. The Morgan fingerprint density at radius 2 is 1.15 bits per heavy atom. The van der Waals surface area contributed by atoms with Gasteiger partial charge in [-0.15, -0.1) is 0 Å². The molecule has 0 fully saturated rings. The molecule has 3 aromatic carbocycles. The first-order valence-corrected chi connectivity index (χ1v) is 8.33. The van der Waals surface area contributed by atoms with Gasteiger partial charge in [-0.3, -0.25) is 14.4 Å². The van der Waals surface area contributed by atoms with Crippen LogP contribution < -0.4 is 14.2 Å². The van der Waals surface area contributed by atoms with Gasteiger partial charge in [0.05, 0.1) is 5.39 Å². The third-order valence-electron chi connectivity index (χ3n) is 3.99. The van der Waals surface area contributed by atoms with Gasteiger partial charge in [0.25, 0.3) is 0 Å².